The molecule has 0 aromatic carbocycles. The van der Waals surface area contributed by atoms with Crippen molar-refractivity contribution < 1.29 is 14.3 Å². The van der Waals surface area contributed by atoms with Gasteiger partial charge >= 0.3 is 0 Å². The lowest BCUT2D eigenvalue weighted by Gasteiger charge is -2.42. The number of carbonyl (C=O) groups excluding carboxylic acids is 1. The SMILES string of the molecule is CCNC(=NCC1(N(C)C)CCOCC1)N1CCN(CC(=O)N2CCOCC2)CC1. The van der Waals surface area contributed by atoms with Gasteiger partial charge in [-0.1, -0.05) is 0 Å². The number of hydrogen-bond acceptors (Lipinski definition) is 6. The number of amides is 1. The summed E-state index contributed by atoms with van der Waals surface area (Å²) >= 11 is 0. The first-order chi connectivity index (χ1) is 14.5. The minimum Gasteiger partial charge on any atom is -0.381 e. The summed E-state index contributed by atoms with van der Waals surface area (Å²) in [6.45, 7) is 12.2. The molecule has 0 bridgehead atoms. The summed E-state index contributed by atoms with van der Waals surface area (Å²) in [7, 11) is 4.30. The van der Waals surface area contributed by atoms with Crippen LogP contribution in [0.5, 0.6) is 0 Å². The highest BCUT2D eigenvalue weighted by molar-refractivity contribution is 5.80. The molecule has 0 saturated carbocycles. The van der Waals surface area contributed by atoms with Crippen LogP contribution in [0.1, 0.15) is 19.8 Å². The van der Waals surface area contributed by atoms with Crippen molar-refractivity contribution >= 4 is 11.9 Å². The molecule has 3 fully saturated rings. The van der Waals surface area contributed by atoms with Gasteiger partial charge in [-0.3, -0.25) is 14.7 Å². The largest absolute Gasteiger partial charge is 0.381 e. The third-order valence-electron chi connectivity index (χ3n) is 6.62. The number of nitrogens with zero attached hydrogens (tertiary/aromatic N) is 5. The van der Waals surface area contributed by atoms with E-state index in [1.165, 1.54) is 0 Å². The Kier molecular flexibility index (Phi) is 8.73. The van der Waals surface area contributed by atoms with E-state index in [9.17, 15) is 4.79 Å². The summed E-state index contributed by atoms with van der Waals surface area (Å²) in [6, 6.07) is 0. The molecule has 0 aromatic rings. The second-order valence-corrected chi connectivity index (χ2v) is 8.66. The molecule has 1 N–H and O–H groups in total. The highest BCUT2D eigenvalue weighted by Gasteiger charge is 2.35. The lowest BCUT2D eigenvalue weighted by molar-refractivity contribution is -0.136. The fourth-order valence-electron chi connectivity index (χ4n) is 4.37. The number of morpholine rings is 1. The van der Waals surface area contributed by atoms with E-state index >= 15 is 0 Å². The smallest absolute Gasteiger partial charge is 0.236 e. The first-order valence-electron chi connectivity index (χ1n) is 11.4. The molecule has 0 unspecified atom stereocenters. The zero-order valence-corrected chi connectivity index (χ0v) is 19.1. The molecular weight excluding hydrogens is 384 g/mol. The van der Waals surface area contributed by atoms with Gasteiger partial charge in [-0.2, -0.15) is 0 Å². The van der Waals surface area contributed by atoms with Crippen molar-refractivity contribution in [1.29, 1.82) is 0 Å². The lowest BCUT2D eigenvalue weighted by atomic mass is 9.89. The summed E-state index contributed by atoms with van der Waals surface area (Å²) in [5.74, 6) is 1.21. The zero-order chi connectivity index (χ0) is 21.4. The van der Waals surface area contributed by atoms with Crippen LogP contribution in [0, 0.1) is 0 Å². The Morgan fingerprint density at radius 2 is 1.60 bits per heavy atom. The molecule has 0 aliphatic carbocycles. The molecule has 9 heteroatoms. The standard InChI is InChI=1S/C21H40N6O3/c1-4-22-20(23-18-21(24(2)3)5-13-29-14-6-21)27-9-7-25(8-10-27)17-19(28)26-11-15-30-16-12-26/h4-18H2,1-3H3,(H,22,23). The summed E-state index contributed by atoms with van der Waals surface area (Å²) in [6.07, 6.45) is 2.03. The van der Waals surface area contributed by atoms with Crippen molar-refractivity contribution in [3.63, 3.8) is 0 Å². The van der Waals surface area contributed by atoms with Crippen molar-refractivity contribution in [3.05, 3.63) is 0 Å². The predicted molar refractivity (Wildman–Crippen MR) is 118 cm³/mol. The quantitative estimate of drug-likeness (QED) is 0.457. The van der Waals surface area contributed by atoms with Crippen LogP contribution < -0.4 is 5.32 Å². The van der Waals surface area contributed by atoms with Gasteiger partial charge in [-0.25, -0.2) is 0 Å². The number of hydrogen-bond donors (Lipinski definition) is 1. The van der Waals surface area contributed by atoms with E-state index in [1.54, 1.807) is 0 Å². The number of ether oxygens (including phenoxy) is 2. The second kappa shape index (κ2) is 11.3. The highest BCUT2D eigenvalue weighted by Crippen LogP contribution is 2.26. The third kappa shape index (κ3) is 6.06. The highest BCUT2D eigenvalue weighted by atomic mass is 16.5. The van der Waals surface area contributed by atoms with Crippen molar-refractivity contribution in [3.8, 4) is 0 Å². The third-order valence-corrected chi connectivity index (χ3v) is 6.62. The maximum atomic E-state index is 12.5. The Bertz CT molecular complexity index is 565. The molecule has 3 heterocycles. The van der Waals surface area contributed by atoms with Gasteiger partial charge < -0.3 is 29.5 Å². The Hall–Kier alpha value is -1.42. The van der Waals surface area contributed by atoms with Crippen molar-refractivity contribution in [2.24, 2.45) is 4.99 Å². The second-order valence-electron chi connectivity index (χ2n) is 8.66. The Morgan fingerprint density at radius 3 is 2.20 bits per heavy atom. The number of guanidine groups is 1. The van der Waals surface area contributed by atoms with Crippen LogP contribution in [0.2, 0.25) is 0 Å². The van der Waals surface area contributed by atoms with E-state index in [0.717, 1.165) is 71.3 Å². The topological polar surface area (TPSA) is 72.9 Å². The Balaban J connectivity index is 1.53. The number of carbonyl (C=O) groups is 1. The number of piperazine rings is 1. The normalized spacial score (nSPS) is 23.7. The van der Waals surface area contributed by atoms with Crippen molar-refractivity contribution in [1.82, 2.24) is 24.9 Å². The van der Waals surface area contributed by atoms with Gasteiger partial charge in [-0.15, -0.1) is 0 Å². The molecule has 0 radical (unpaired) electrons. The Labute approximate surface area is 181 Å². The van der Waals surface area contributed by atoms with Gasteiger partial charge in [0.25, 0.3) is 0 Å². The van der Waals surface area contributed by atoms with Gasteiger partial charge in [0.2, 0.25) is 5.91 Å². The van der Waals surface area contributed by atoms with E-state index in [4.69, 9.17) is 14.5 Å². The van der Waals surface area contributed by atoms with Gasteiger partial charge in [-0.05, 0) is 33.9 Å². The molecule has 172 valence electrons. The summed E-state index contributed by atoms with van der Waals surface area (Å²) in [5, 5.41) is 3.47. The van der Waals surface area contributed by atoms with Crippen LogP contribution in [0.4, 0.5) is 0 Å². The number of likely N-dealkylation sites (N-methyl/N-ethyl adjacent to an activating group) is 1. The van der Waals surface area contributed by atoms with Crippen LogP contribution in [-0.4, -0.2) is 136 Å². The minimum atomic E-state index is 0.0747. The first kappa shape index (κ1) is 23.2. The molecule has 3 rings (SSSR count). The van der Waals surface area contributed by atoms with E-state index in [1.807, 2.05) is 4.90 Å². The van der Waals surface area contributed by atoms with Gasteiger partial charge in [0.1, 0.15) is 0 Å². The average molecular weight is 425 g/mol. The molecule has 0 spiro atoms. The van der Waals surface area contributed by atoms with Crippen LogP contribution in [-0.2, 0) is 14.3 Å². The summed E-state index contributed by atoms with van der Waals surface area (Å²) in [4.78, 5) is 26.4. The summed E-state index contributed by atoms with van der Waals surface area (Å²) < 4.78 is 10.9. The monoisotopic (exact) mass is 424 g/mol. The van der Waals surface area contributed by atoms with Crippen LogP contribution in [0.25, 0.3) is 0 Å². The molecule has 0 aromatic heterocycles. The Morgan fingerprint density at radius 1 is 0.967 bits per heavy atom. The first-order valence-corrected chi connectivity index (χ1v) is 11.4. The maximum Gasteiger partial charge on any atom is 0.236 e. The van der Waals surface area contributed by atoms with Gasteiger partial charge in [0, 0.05) is 64.6 Å². The molecule has 1 amide bonds. The molecule has 30 heavy (non-hydrogen) atoms. The molecule has 3 saturated heterocycles. The fraction of sp³-hybridized carbons (Fsp3) is 0.905. The minimum absolute atomic E-state index is 0.0747. The number of nitrogens with one attached hydrogen (secondary N) is 1. The molecule has 9 nitrogen and oxygen atoms in total. The van der Waals surface area contributed by atoms with Crippen LogP contribution in [0.15, 0.2) is 4.99 Å². The summed E-state index contributed by atoms with van der Waals surface area (Å²) in [5.41, 5.74) is 0.0747. The molecular formula is C21H40N6O3. The van der Waals surface area contributed by atoms with E-state index < -0.39 is 0 Å². The fourth-order valence-corrected chi connectivity index (χ4v) is 4.37. The lowest BCUT2D eigenvalue weighted by Crippen LogP contribution is -2.56. The van der Waals surface area contributed by atoms with E-state index in [2.05, 4.69) is 41.0 Å². The van der Waals surface area contributed by atoms with Crippen molar-refractivity contribution in [2.45, 2.75) is 25.3 Å². The van der Waals surface area contributed by atoms with Gasteiger partial charge in [0.05, 0.1) is 26.3 Å². The average Bonchev–Trinajstić information content (AvgIpc) is 2.78. The molecule has 0 atom stereocenters. The van der Waals surface area contributed by atoms with E-state index in [0.29, 0.717) is 32.8 Å². The van der Waals surface area contributed by atoms with Crippen molar-refractivity contribution in [2.75, 3.05) is 99.4 Å². The maximum absolute atomic E-state index is 12.5. The number of aliphatic imine (C=N–C) groups is 1. The molecule has 3 aliphatic rings. The molecule has 3 aliphatic heterocycles. The van der Waals surface area contributed by atoms with Gasteiger partial charge in [0.15, 0.2) is 5.96 Å². The van der Waals surface area contributed by atoms with Crippen LogP contribution in [0.3, 0.4) is 0 Å². The zero-order valence-electron chi connectivity index (χ0n) is 19.1. The number of rotatable bonds is 6. The van der Waals surface area contributed by atoms with Crippen LogP contribution >= 0.6 is 0 Å². The predicted octanol–water partition coefficient (Wildman–Crippen LogP) is -0.461. The van der Waals surface area contributed by atoms with E-state index in [-0.39, 0.29) is 11.4 Å².